The lowest BCUT2D eigenvalue weighted by atomic mass is 9.90. The van der Waals surface area contributed by atoms with Gasteiger partial charge in [-0.1, -0.05) is 46.5 Å². The van der Waals surface area contributed by atoms with Crippen LogP contribution in [0.1, 0.15) is 52.9 Å². The van der Waals surface area contributed by atoms with Gasteiger partial charge in [0.2, 0.25) is 5.91 Å². The van der Waals surface area contributed by atoms with E-state index in [1.165, 1.54) is 38.6 Å². The van der Waals surface area contributed by atoms with E-state index in [9.17, 15) is 4.79 Å². The maximum Gasteiger partial charge on any atom is 0.225 e. The zero-order valence-corrected chi connectivity index (χ0v) is 13.6. The number of hydrogen-bond acceptors (Lipinski definition) is 2. The van der Waals surface area contributed by atoms with E-state index in [1.807, 2.05) is 18.7 Å². The minimum absolute atomic E-state index is 0.143. The summed E-state index contributed by atoms with van der Waals surface area (Å²) in [5, 5.41) is 0. The van der Waals surface area contributed by atoms with E-state index in [1.54, 1.807) is 0 Å². The average Bonchev–Trinajstić information content (AvgIpc) is 2.98. The number of piperazine rings is 1. The topological polar surface area (TPSA) is 23.6 Å². The molecule has 0 N–H and O–H groups in total. The van der Waals surface area contributed by atoms with Crippen molar-refractivity contribution in [1.82, 2.24) is 9.80 Å². The molecule has 0 bridgehead atoms. The minimum Gasteiger partial charge on any atom is -0.340 e. The Labute approximate surface area is 124 Å². The molecule has 0 radical (unpaired) electrons. The van der Waals surface area contributed by atoms with Crippen LogP contribution in [-0.2, 0) is 4.79 Å². The fraction of sp³-hybridized carbons (Fsp3) is 0.941. The van der Waals surface area contributed by atoms with Gasteiger partial charge in [0, 0.05) is 32.1 Å². The van der Waals surface area contributed by atoms with E-state index in [0.717, 1.165) is 38.0 Å². The van der Waals surface area contributed by atoms with Crippen LogP contribution in [0.2, 0.25) is 0 Å². The van der Waals surface area contributed by atoms with Crippen LogP contribution in [0.15, 0.2) is 0 Å². The lowest BCUT2D eigenvalue weighted by Crippen LogP contribution is -2.50. The standard InChI is InChI=1S/C17H32N2O/c1-14(2)17(20)19-12-10-18(11-13-19)9-8-15(3)16-6-4-5-7-16/h14-16H,4-13H2,1-3H3. The molecule has 0 aromatic heterocycles. The molecule has 3 nitrogen and oxygen atoms in total. The van der Waals surface area contributed by atoms with Crippen LogP contribution < -0.4 is 0 Å². The fourth-order valence-corrected chi connectivity index (χ4v) is 3.71. The first-order chi connectivity index (χ1) is 9.58. The predicted molar refractivity (Wildman–Crippen MR) is 83.6 cm³/mol. The van der Waals surface area contributed by atoms with Crippen molar-refractivity contribution in [1.29, 1.82) is 0 Å². The minimum atomic E-state index is 0.143. The van der Waals surface area contributed by atoms with Crippen molar-refractivity contribution in [2.24, 2.45) is 17.8 Å². The van der Waals surface area contributed by atoms with Crippen LogP contribution in [0.4, 0.5) is 0 Å². The van der Waals surface area contributed by atoms with Gasteiger partial charge in [-0.05, 0) is 24.8 Å². The van der Waals surface area contributed by atoms with Crippen LogP contribution >= 0.6 is 0 Å². The summed E-state index contributed by atoms with van der Waals surface area (Å²) in [5.74, 6) is 2.33. The maximum atomic E-state index is 12.0. The second-order valence-electron chi connectivity index (χ2n) is 7.13. The first-order valence-corrected chi connectivity index (χ1v) is 8.59. The summed E-state index contributed by atoms with van der Waals surface area (Å²) in [6.07, 6.45) is 7.15. The highest BCUT2D eigenvalue weighted by Crippen LogP contribution is 2.32. The van der Waals surface area contributed by atoms with Gasteiger partial charge in [0.15, 0.2) is 0 Å². The van der Waals surface area contributed by atoms with Crippen molar-refractivity contribution < 1.29 is 4.79 Å². The molecule has 0 spiro atoms. The monoisotopic (exact) mass is 280 g/mol. The first kappa shape index (κ1) is 15.8. The largest absolute Gasteiger partial charge is 0.340 e. The molecule has 0 aromatic carbocycles. The summed E-state index contributed by atoms with van der Waals surface area (Å²) in [6.45, 7) is 11.6. The zero-order valence-electron chi connectivity index (χ0n) is 13.6. The molecule has 1 heterocycles. The van der Waals surface area contributed by atoms with E-state index >= 15 is 0 Å². The molecule has 1 saturated carbocycles. The molecule has 1 saturated heterocycles. The van der Waals surface area contributed by atoms with Gasteiger partial charge in [-0.15, -0.1) is 0 Å². The molecular formula is C17H32N2O. The molecule has 1 amide bonds. The Bertz CT molecular complexity index is 302. The Hall–Kier alpha value is -0.570. The van der Waals surface area contributed by atoms with Gasteiger partial charge in [-0.25, -0.2) is 0 Å². The molecule has 3 heteroatoms. The molecule has 1 aliphatic carbocycles. The third-order valence-corrected chi connectivity index (χ3v) is 5.28. The third kappa shape index (κ3) is 4.21. The van der Waals surface area contributed by atoms with E-state index in [2.05, 4.69) is 11.8 Å². The van der Waals surface area contributed by atoms with Gasteiger partial charge >= 0.3 is 0 Å². The Balaban J connectivity index is 1.65. The SMILES string of the molecule is CC(C)C(=O)N1CCN(CCC(C)C2CCCC2)CC1. The molecule has 2 aliphatic rings. The highest BCUT2D eigenvalue weighted by molar-refractivity contribution is 5.78. The van der Waals surface area contributed by atoms with Gasteiger partial charge < -0.3 is 4.90 Å². The number of nitrogens with zero attached hydrogens (tertiary/aromatic N) is 2. The summed E-state index contributed by atoms with van der Waals surface area (Å²) in [5.41, 5.74) is 0. The lowest BCUT2D eigenvalue weighted by Gasteiger charge is -2.36. The number of amides is 1. The lowest BCUT2D eigenvalue weighted by molar-refractivity contribution is -0.136. The molecular weight excluding hydrogens is 248 g/mol. The Morgan fingerprint density at radius 1 is 1.05 bits per heavy atom. The van der Waals surface area contributed by atoms with E-state index in [0.29, 0.717) is 5.91 Å². The van der Waals surface area contributed by atoms with E-state index < -0.39 is 0 Å². The smallest absolute Gasteiger partial charge is 0.225 e. The van der Waals surface area contributed by atoms with Crippen molar-refractivity contribution in [2.75, 3.05) is 32.7 Å². The van der Waals surface area contributed by atoms with E-state index in [-0.39, 0.29) is 5.92 Å². The highest BCUT2D eigenvalue weighted by Gasteiger charge is 2.25. The quantitative estimate of drug-likeness (QED) is 0.773. The summed E-state index contributed by atoms with van der Waals surface area (Å²) in [6, 6.07) is 0. The van der Waals surface area contributed by atoms with Crippen molar-refractivity contribution in [3.8, 4) is 0 Å². The van der Waals surface area contributed by atoms with Crippen LogP contribution in [0.25, 0.3) is 0 Å². The van der Waals surface area contributed by atoms with Gasteiger partial charge in [0.05, 0.1) is 0 Å². The molecule has 0 aromatic rings. The Morgan fingerprint density at radius 2 is 1.65 bits per heavy atom. The van der Waals surface area contributed by atoms with Gasteiger partial charge in [-0.2, -0.15) is 0 Å². The Kier molecular flexibility index (Phi) is 5.88. The van der Waals surface area contributed by atoms with Crippen LogP contribution in [0, 0.1) is 17.8 Å². The van der Waals surface area contributed by atoms with Crippen molar-refractivity contribution in [3.63, 3.8) is 0 Å². The van der Waals surface area contributed by atoms with Gasteiger partial charge in [-0.3, -0.25) is 9.69 Å². The number of carbonyl (C=O) groups is 1. The van der Waals surface area contributed by atoms with Crippen molar-refractivity contribution in [3.05, 3.63) is 0 Å². The summed E-state index contributed by atoms with van der Waals surface area (Å²) >= 11 is 0. The molecule has 2 rings (SSSR count). The van der Waals surface area contributed by atoms with E-state index in [4.69, 9.17) is 0 Å². The summed E-state index contributed by atoms with van der Waals surface area (Å²) in [4.78, 5) is 16.5. The zero-order chi connectivity index (χ0) is 14.5. The second kappa shape index (κ2) is 7.44. The Morgan fingerprint density at radius 3 is 2.20 bits per heavy atom. The fourth-order valence-electron chi connectivity index (χ4n) is 3.71. The molecule has 1 unspecified atom stereocenters. The number of rotatable bonds is 5. The predicted octanol–water partition coefficient (Wildman–Crippen LogP) is 3.00. The number of carbonyl (C=O) groups excluding carboxylic acids is 1. The number of hydrogen-bond donors (Lipinski definition) is 0. The summed E-state index contributed by atoms with van der Waals surface area (Å²) < 4.78 is 0. The summed E-state index contributed by atoms with van der Waals surface area (Å²) in [7, 11) is 0. The maximum absolute atomic E-state index is 12.0. The van der Waals surface area contributed by atoms with Crippen LogP contribution in [0.3, 0.4) is 0 Å². The van der Waals surface area contributed by atoms with Crippen LogP contribution in [0.5, 0.6) is 0 Å². The molecule has 1 aliphatic heterocycles. The van der Waals surface area contributed by atoms with Gasteiger partial charge in [0.1, 0.15) is 0 Å². The van der Waals surface area contributed by atoms with Crippen molar-refractivity contribution >= 4 is 5.91 Å². The first-order valence-electron chi connectivity index (χ1n) is 8.59. The van der Waals surface area contributed by atoms with Crippen molar-refractivity contribution in [2.45, 2.75) is 52.9 Å². The third-order valence-electron chi connectivity index (χ3n) is 5.28. The molecule has 20 heavy (non-hydrogen) atoms. The normalized spacial score (nSPS) is 23.5. The molecule has 2 fully saturated rings. The average molecular weight is 280 g/mol. The highest BCUT2D eigenvalue weighted by atomic mass is 16.2. The molecule has 116 valence electrons. The van der Waals surface area contributed by atoms with Gasteiger partial charge in [0.25, 0.3) is 0 Å². The molecule has 1 atom stereocenters. The second-order valence-corrected chi connectivity index (χ2v) is 7.13. The van der Waals surface area contributed by atoms with Crippen LogP contribution in [-0.4, -0.2) is 48.4 Å².